The van der Waals surface area contributed by atoms with Gasteiger partial charge >= 0.3 is 0 Å². The van der Waals surface area contributed by atoms with E-state index in [2.05, 4.69) is 11.8 Å². The zero-order chi connectivity index (χ0) is 5.19. The molecule has 0 aliphatic heterocycles. The van der Waals surface area contributed by atoms with E-state index in [4.69, 9.17) is 0 Å². The molecule has 3 aliphatic carbocycles. The highest BCUT2D eigenvalue weighted by atomic mass is 14.7. The molecular formula is C8H8. The SMILES string of the molecule is C1#CC23CC2CC3C1. The molecular weight excluding hydrogens is 96.1 g/mol. The fraction of sp³-hybridized carbons (Fsp3) is 0.750. The van der Waals surface area contributed by atoms with Crippen LogP contribution in [-0.4, -0.2) is 0 Å². The van der Waals surface area contributed by atoms with Crippen LogP contribution in [0, 0.1) is 29.1 Å². The van der Waals surface area contributed by atoms with Gasteiger partial charge in [0.2, 0.25) is 0 Å². The van der Waals surface area contributed by atoms with Crippen molar-refractivity contribution < 1.29 is 0 Å². The summed E-state index contributed by atoms with van der Waals surface area (Å²) in [4.78, 5) is 0. The van der Waals surface area contributed by atoms with E-state index in [1.807, 2.05) is 0 Å². The minimum atomic E-state index is 0.639. The summed E-state index contributed by atoms with van der Waals surface area (Å²) in [5, 5.41) is 0. The Morgan fingerprint density at radius 3 is 2.88 bits per heavy atom. The second-order valence-electron chi connectivity index (χ2n) is 3.38. The molecule has 40 valence electrons. The molecule has 0 bridgehead atoms. The molecule has 0 nitrogen and oxygen atoms in total. The highest BCUT2D eigenvalue weighted by Crippen LogP contribution is 2.73. The highest BCUT2D eigenvalue weighted by Gasteiger charge is 2.67. The van der Waals surface area contributed by atoms with Crippen LogP contribution in [0.1, 0.15) is 19.3 Å². The zero-order valence-electron chi connectivity index (χ0n) is 4.78. The molecule has 8 heavy (non-hydrogen) atoms. The summed E-state index contributed by atoms with van der Waals surface area (Å²) in [5.41, 5.74) is 0.639. The van der Waals surface area contributed by atoms with Gasteiger partial charge in [0.25, 0.3) is 0 Å². The zero-order valence-corrected chi connectivity index (χ0v) is 4.78. The van der Waals surface area contributed by atoms with Gasteiger partial charge in [-0.3, -0.25) is 0 Å². The lowest BCUT2D eigenvalue weighted by molar-refractivity contribution is 0.239. The topological polar surface area (TPSA) is 0 Å². The summed E-state index contributed by atoms with van der Waals surface area (Å²) in [6.45, 7) is 0. The first-order chi connectivity index (χ1) is 3.92. The maximum Gasteiger partial charge on any atom is 0.0383 e. The normalized spacial score (nSPS) is 62.0. The smallest absolute Gasteiger partial charge is 0.0383 e. The second-order valence-corrected chi connectivity index (χ2v) is 3.38. The Labute approximate surface area is 49.3 Å². The Morgan fingerprint density at radius 1 is 1.38 bits per heavy atom. The molecule has 3 unspecified atom stereocenters. The average Bonchev–Trinajstić information content (AvgIpc) is 1.98. The first-order valence-corrected chi connectivity index (χ1v) is 3.42. The van der Waals surface area contributed by atoms with Crippen LogP contribution in [0.15, 0.2) is 0 Å². The predicted octanol–water partition coefficient (Wildman–Crippen LogP) is 1.42. The molecule has 0 amide bonds. The minimum Gasteiger partial charge on any atom is -0.102 e. The molecule has 0 aromatic rings. The fourth-order valence-electron chi connectivity index (χ4n) is 2.40. The summed E-state index contributed by atoms with van der Waals surface area (Å²) in [6.07, 6.45) is 4.15. The van der Waals surface area contributed by atoms with Crippen molar-refractivity contribution in [2.45, 2.75) is 19.3 Å². The Morgan fingerprint density at radius 2 is 2.38 bits per heavy atom. The monoisotopic (exact) mass is 104 g/mol. The molecule has 3 rings (SSSR count). The number of hydrogen-bond acceptors (Lipinski definition) is 0. The Hall–Kier alpha value is -0.440. The Bertz CT molecular complexity index is 206. The van der Waals surface area contributed by atoms with E-state index in [9.17, 15) is 0 Å². The molecule has 2 saturated carbocycles. The minimum absolute atomic E-state index is 0.639. The number of hydrogen-bond donors (Lipinski definition) is 0. The van der Waals surface area contributed by atoms with Crippen LogP contribution >= 0.6 is 0 Å². The van der Waals surface area contributed by atoms with E-state index in [1.54, 1.807) is 0 Å². The third-order valence-electron chi connectivity index (χ3n) is 3.12. The fourth-order valence-corrected chi connectivity index (χ4v) is 2.40. The lowest BCUT2D eigenvalue weighted by atomic mass is 9.75. The molecule has 0 heteroatoms. The average molecular weight is 104 g/mol. The van der Waals surface area contributed by atoms with Crippen LogP contribution in [0.4, 0.5) is 0 Å². The molecule has 0 aromatic carbocycles. The van der Waals surface area contributed by atoms with Crippen molar-refractivity contribution in [3.63, 3.8) is 0 Å². The number of rotatable bonds is 0. The molecule has 2 fully saturated rings. The third kappa shape index (κ3) is 0.177. The maximum atomic E-state index is 3.36. The van der Waals surface area contributed by atoms with Crippen LogP contribution in [0.5, 0.6) is 0 Å². The van der Waals surface area contributed by atoms with Crippen molar-refractivity contribution in [1.82, 2.24) is 0 Å². The molecule has 1 spiro atoms. The molecule has 0 radical (unpaired) electrons. The van der Waals surface area contributed by atoms with Crippen molar-refractivity contribution in [2.75, 3.05) is 0 Å². The van der Waals surface area contributed by atoms with Crippen LogP contribution in [-0.2, 0) is 0 Å². The van der Waals surface area contributed by atoms with E-state index in [0.29, 0.717) is 5.41 Å². The molecule has 0 saturated heterocycles. The van der Waals surface area contributed by atoms with Crippen molar-refractivity contribution in [3.8, 4) is 11.8 Å². The first-order valence-electron chi connectivity index (χ1n) is 3.42. The van der Waals surface area contributed by atoms with Crippen molar-refractivity contribution >= 4 is 0 Å². The standard InChI is InChI=1S/C8H8/c1-2-6-4-7-5-8(6,7)3-1/h6-7H,2,4-5H2. The van der Waals surface area contributed by atoms with Gasteiger partial charge in [-0.2, -0.15) is 0 Å². The highest BCUT2D eigenvalue weighted by molar-refractivity contribution is 5.37. The van der Waals surface area contributed by atoms with Crippen LogP contribution < -0.4 is 0 Å². The van der Waals surface area contributed by atoms with Crippen LogP contribution in [0.25, 0.3) is 0 Å². The third-order valence-corrected chi connectivity index (χ3v) is 3.12. The largest absolute Gasteiger partial charge is 0.102 e. The lowest BCUT2D eigenvalue weighted by Crippen LogP contribution is -2.23. The predicted molar refractivity (Wildman–Crippen MR) is 31.0 cm³/mol. The summed E-state index contributed by atoms with van der Waals surface area (Å²) < 4.78 is 0. The molecule has 3 aliphatic rings. The van der Waals surface area contributed by atoms with E-state index < -0.39 is 0 Å². The Balaban J connectivity index is 2.14. The van der Waals surface area contributed by atoms with Crippen LogP contribution in [0.3, 0.4) is 0 Å². The quantitative estimate of drug-likeness (QED) is 0.408. The maximum absolute atomic E-state index is 3.36. The van der Waals surface area contributed by atoms with Gasteiger partial charge in [-0.25, -0.2) is 0 Å². The molecule has 0 N–H and O–H groups in total. The van der Waals surface area contributed by atoms with E-state index in [1.165, 1.54) is 19.3 Å². The first kappa shape index (κ1) is 3.56. The van der Waals surface area contributed by atoms with E-state index >= 15 is 0 Å². The van der Waals surface area contributed by atoms with Gasteiger partial charge < -0.3 is 0 Å². The summed E-state index contributed by atoms with van der Waals surface area (Å²) in [5.74, 6) is 8.62. The second kappa shape index (κ2) is 0.739. The van der Waals surface area contributed by atoms with Gasteiger partial charge in [-0.15, -0.1) is 5.92 Å². The summed E-state index contributed by atoms with van der Waals surface area (Å²) >= 11 is 0. The van der Waals surface area contributed by atoms with E-state index in [0.717, 1.165) is 11.8 Å². The van der Waals surface area contributed by atoms with Gasteiger partial charge in [0.15, 0.2) is 0 Å². The molecule has 0 heterocycles. The summed E-state index contributed by atoms with van der Waals surface area (Å²) in [7, 11) is 0. The lowest BCUT2D eigenvalue weighted by Gasteiger charge is -2.27. The molecule has 0 aromatic heterocycles. The van der Waals surface area contributed by atoms with Gasteiger partial charge in [0.1, 0.15) is 0 Å². The van der Waals surface area contributed by atoms with Crippen molar-refractivity contribution in [2.24, 2.45) is 17.3 Å². The van der Waals surface area contributed by atoms with E-state index in [-0.39, 0.29) is 0 Å². The van der Waals surface area contributed by atoms with Gasteiger partial charge in [-0.1, -0.05) is 5.92 Å². The Kier molecular flexibility index (Phi) is 0.329. The van der Waals surface area contributed by atoms with Gasteiger partial charge in [0.05, 0.1) is 0 Å². The summed E-state index contributed by atoms with van der Waals surface area (Å²) in [6, 6.07) is 0. The van der Waals surface area contributed by atoms with Crippen LogP contribution in [0.2, 0.25) is 0 Å². The van der Waals surface area contributed by atoms with Crippen molar-refractivity contribution in [3.05, 3.63) is 0 Å². The van der Waals surface area contributed by atoms with Gasteiger partial charge in [-0.05, 0) is 24.7 Å². The molecule has 3 atom stereocenters. The van der Waals surface area contributed by atoms with Crippen molar-refractivity contribution in [1.29, 1.82) is 0 Å². The van der Waals surface area contributed by atoms with Gasteiger partial charge in [0, 0.05) is 11.8 Å².